The molecular weight excluding hydrogens is 222 g/mol. The lowest BCUT2D eigenvalue weighted by Gasteiger charge is -2.22. The van der Waals surface area contributed by atoms with E-state index in [1.54, 1.807) is 0 Å². The average molecular weight is 239 g/mol. The van der Waals surface area contributed by atoms with Gasteiger partial charge in [0.25, 0.3) is 0 Å². The van der Waals surface area contributed by atoms with Gasteiger partial charge in [-0.1, -0.05) is 36.8 Å². The molecule has 1 atom stereocenters. The number of benzene rings is 2. The van der Waals surface area contributed by atoms with Crippen molar-refractivity contribution in [3.63, 3.8) is 0 Å². The van der Waals surface area contributed by atoms with E-state index in [4.69, 9.17) is 0 Å². The van der Waals surface area contributed by atoms with E-state index in [1.807, 2.05) is 12.1 Å². The molecule has 0 bridgehead atoms. The van der Waals surface area contributed by atoms with E-state index in [9.17, 15) is 4.79 Å². The molecule has 92 valence electrons. The zero-order valence-electron chi connectivity index (χ0n) is 10.4. The monoisotopic (exact) mass is 239 g/mol. The molecule has 0 aromatic heterocycles. The van der Waals surface area contributed by atoms with Gasteiger partial charge < -0.3 is 5.32 Å². The fourth-order valence-electron chi connectivity index (χ4n) is 2.62. The molecule has 2 heteroatoms. The van der Waals surface area contributed by atoms with Crippen molar-refractivity contribution in [2.24, 2.45) is 0 Å². The standard InChI is InChI=1S/C16H17NO/c18-16-8-4-3-7-15(16)17-14-10-9-12-5-1-2-6-13(12)11-14/h1-2,5-6,9-11,15,17H,3-4,7-8H2/t15-/m0/s1. The average Bonchev–Trinajstić information content (AvgIpc) is 2.41. The SMILES string of the molecule is O=C1CCCC[C@@H]1Nc1ccc2ccccc2c1. The number of Topliss-reactive ketones (excluding diaryl/α,β-unsaturated/α-hetero) is 1. The summed E-state index contributed by atoms with van der Waals surface area (Å²) in [5.41, 5.74) is 1.05. The molecule has 0 heterocycles. The summed E-state index contributed by atoms with van der Waals surface area (Å²) in [6, 6.07) is 14.6. The van der Waals surface area contributed by atoms with Crippen LogP contribution >= 0.6 is 0 Å². The van der Waals surface area contributed by atoms with E-state index in [0.29, 0.717) is 5.78 Å². The lowest BCUT2D eigenvalue weighted by Crippen LogP contribution is -2.32. The highest BCUT2D eigenvalue weighted by Gasteiger charge is 2.21. The molecule has 0 amide bonds. The van der Waals surface area contributed by atoms with E-state index in [1.165, 1.54) is 10.8 Å². The Bertz CT molecular complexity index is 576. The minimum absolute atomic E-state index is 0.0138. The molecule has 0 saturated heterocycles. The Hall–Kier alpha value is -1.83. The highest BCUT2D eigenvalue weighted by atomic mass is 16.1. The Morgan fingerprint density at radius 1 is 1.00 bits per heavy atom. The maximum Gasteiger partial charge on any atom is 0.155 e. The molecule has 0 radical (unpaired) electrons. The third-order valence-electron chi connectivity index (χ3n) is 3.64. The lowest BCUT2D eigenvalue weighted by molar-refractivity contribution is -0.121. The van der Waals surface area contributed by atoms with Gasteiger partial charge in [0.1, 0.15) is 0 Å². The molecule has 3 rings (SSSR count). The van der Waals surface area contributed by atoms with Crippen molar-refractivity contribution >= 4 is 22.2 Å². The predicted molar refractivity (Wildman–Crippen MR) is 74.8 cm³/mol. The van der Waals surface area contributed by atoms with Crippen LogP contribution in [0.3, 0.4) is 0 Å². The summed E-state index contributed by atoms with van der Waals surface area (Å²) in [4.78, 5) is 11.8. The largest absolute Gasteiger partial charge is 0.375 e. The molecule has 2 aromatic rings. The molecule has 18 heavy (non-hydrogen) atoms. The molecule has 1 fully saturated rings. The van der Waals surface area contributed by atoms with Gasteiger partial charge in [0.15, 0.2) is 5.78 Å². The summed E-state index contributed by atoms with van der Waals surface area (Å²) in [5, 5.41) is 5.82. The van der Waals surface area contributed by atoms with Gasteiger partial charge in [0.05, 0.1) is 6.04 Å². The zero-order chi connectivity index (χ0) is 12.4. The number of carbonyl (C=O) groups is 1. The number of hydrogen-bond donors (Lipinski definition) is 1. The maximum atomic E-state index is 11.8. The first-order chi connectivity index (χ1) is 8.83. The molecule has 0 aliphatic heterocycles. The van der Waals surface area contributed by atoms with E-state index in [0.717, 1.165) is 31.4 Å². The van der Waals surface area contributed by atoms with E-state index >= 15 is 0 Å². The number of hydrogen-bond acceptors (Lipinski definition) is 2. The normalized spacial score (nSPS) is 20.0. The summed E-state index contributed by atoms with van der Waals surface area (Å²) in [6.07, 6.45) is 3.89. The van der Waals surface area contributed by atoms with Crippen LogP contribution < -0.4 is 5.32 Å². The quantitative estimate of drug-likeness (QED) is 0.864. The van der Waals surface area contributed by atoms with Crippen molar-refractivity contribution in [1.29, 1.82) is 0 Å². The van der Waals surface area contributed by atoms with Gasteiger partial charge in [-0.05, 0) is 35.7 Å². The fraction of sp³-hybridized carbons (Fsp3) is 0.312. The second-order valence-electron chi connectivity index (χ2n) is 4.97. The Kier molecular flexibility index (Phi) is 3.01. The molecule has 1 N–H and O–H groups in total. The van der Waals surface area contributed by atoms with Crippen molar-refractivity contribution in [3.05, 3.63) is 42.5 Å². The van der Waals surface area contributed by atoms with Gasteiger partial charge >= 0.3 is 0 Å². The van der Waals surface area contributed by atoms with Gasteiger partial charge in [0, 0.05) is 12.1 Å². The van der Waals surface area contributed by atoms with Gasteiger partial charge in [-0.15, -0.1) is 0 Å². The van der Waals surface area contributed by atoms with Crippen LogP contribution in [0.4, 0.5) is 5.69 Å². The first-order valence-electron chi connectivity index (χ1n) is 6.61. The third-order valence-corrected chi connectivity index (χ3v) is 3.64. The van der Waals surface area contributed by atoms with E-state index in [-0.39, 0.29) is 6.04 Å². The third kappa shape index (κ3) is 2.23. The summed E-state index contributed by atoms with van der Waals surface area (Å²) < 4.78 is 0. The summed E-state index contributed by atoms with van der Waals surface area (Å²) in [6.45, 7) is 0. The van der Waals surface area contributed by atoms with E-state index in [2.05, 4.69) is 35.6 Å². The molecule has 2 nitrogen and oxygen atoms in total. The first kappa shape index (κ1) is 11.3. The van der Waals surface area contributed by atoms with E-state index < -0.39 is 0 Å². The van der Waals surface area contributed by atoms with Crippen molar-refractivity contribution in [2.45, 2.75) is 31.7 Å². The van der Waals surface area contributed by atoms with Gasteiger partial charge in [-0.25, -0.2) is 0 Å². The number of nitrogens with one attached hydrogen (secondary N) is 1. The maximum absolute atomic E-state index is 11.8. The Balaban J connectivity index is 1.83. The number of rotatable bonds is 2. The highest BCUT2D eigenvalue weighted by Crippen LogP contribution is 2.22. The first-order valence-corrected chi connectivity index (χ1v) is 6.61. The number of carbonyl (C=O) groups excluding carboxylic acids is 1. The van der Waals surface area contributed by atoms with Gasteiger partial charge in [-0.2, -0.15) is 0 Å². The summed E-state index contributed by atoms with van der Waals surface area (Å²) in [5.74, 6) is 0.356. The molecule has 1 saturated carbocycles. The number of anilines is 1. The molecule has 1 aliphatic rings. The van der Waals surface area contributed by atoms with Crippen LogP contribution in [0.15, 0.2) is 42.5 Å². The fourth-order valence-corrected chi connectivity index (χ4v) is 2.62. The van der Waals surface area contributed by atoms with Crippen LogP contribution in [-0.4, -0.2) is 11.8 Å². The van der Waals surface area contributed by atoms with Crippen LogP contribution in [-0.2, 0) is 4.79 Å². The second kappa shape index (κ2) is 4.81. The lowest BCUT2D eigenvalue weighted by atomic mass is 9.94. The molecular formula is C16H17NO. The topological polar surface area (TPSA) is 29.1 Å². The summed E-state index contributed by atoms with van der Waals surface area (Å²) in [7, 11) is 0. The van der Waals surface area contributed by atoms with Crippen LogP contribution in [0.5, 0.6) is 0 Å². The Morgan fingerprint density at radius 2 is 1.83 bits per heavy atom. The van der Waals surface area contributed by atoms with Crippen LogP contribution in [0.25, 0.3) is 10.8 Å². The van der Waals surface area contributed by atoms with Crippen molar-refractivity contribution in [1.82, 2.24) is 0 Å². The van der Waals surface area contributed by atoms with Crippen molar-refractivity contribution < 1.29 is 4.79 Å². The van der Waals surface area contributed by atoms with Crippen LogP contribution in [0.1, 0.15) is 25.7 Å². The molecule has 1 aliphatic carbocycles. The predicted octanol–water partition coefficient (Wildman–Crippen LogP) is 3.76. The number of ketones is 1. The molecule has 0 spiro atoms. The van der Waals surface area contributed by atoms with Gasteiger partial charge in [0.2, 0.25) is 0 Å². The Morgan fingerprint density at radius 3 is 2.67 bits per heavy atom. The van der Waals surface area contributed by atoms with Crippen molar-refractivity contribution in [3.8, 4) is 0 Å². The van der Waals surface area contributed by atoms with Crippen molar-refractivity contribution in [2.75, 3.05) is 5.32 Å². The number of fused-ring (bicyclic) bond motifs is 1. The second-order valence-corrected chi connectivity index (χ2v) is 4.97. The highest BCUT2D eigenvalue weighted by molar-refractivity contribution is 5.89. The minimum Gasteiger partial charge on any atom is -0.375 e. The molecule has 2 aromatic carbocycles. The zero-order valence-corrected chi connectivity index (χ0v) is 10.4. The molecule has 0 unspecified atom stereocenters. The van der Waals surface area contributed by atoms with Crippen LogP contribution in [0, 0.1) is 0 Å². The van der Waals surface area contributed by atoms with Gasteiger partial charge in [-0.3, -0.25) is 4.79 Å². The van der Waals surface area contributed by atoms with Crippen LogP contribution in [0.2, 0.25) is 0 Å². The summed E-state index contributed by atoms with van der Waals surface area (Å²) >= 11 is 0. The smallest absolute Gasteiger partial charge is 0.155 e. The Labute approximate surface area is 107 Å². The minimum atomic E-state index is 0.0138.